The summed E-state index contributed by atoms with van der Waals surface area (Å²) in [5, 5.41) is 27.0. The van der Waals surface area contributed by atoms with Crippen molar-refractivity contribution in [2.24, 2.45) is 0 Å². The second-order valence-electron chi connectivity index (χ2n) is 8.70. The van der Waals surface area contributed by atoms with E-state index in [1.165, 1.54) is 0 Å². The van der Waals surface area contributed by atoms with Gasteiger partial charge in [0.05, 0.1) is 29.6 Å². The maximum absolute atomic E-state index is 14.1. The van der Waals surface area contributed by atoms with Crippen LogP contribution in [0.2, 0.25) is 0 Å². The monoisotopic (exact) mass is 436 g/mol. The van der Waals surface area contributed by atoms with Crippen molar-refractivity contribution in [3.8, 4) is 22.4 Å². The minimum absolute atomic E-state index is 0.00772. The van der Waals surface area contributed by atoms with E-state index in [0.29, 0.717) is 24.4 Å². The third-order valence-electron chi connectivity index (χ3n) is 6.79. The minimum atomic E-state index is -2.63. The highest BCUT2D eigenvalue weighted by Crippen LogP contribution is 2.41. The smallest absolute Gasteiger partial charge is 0.264 e. The van der Waals surface area contributed by atoms with Crippen LogP contribution in [0.1, 0.15) is 19.3 Å². The van der Waals surface area contributed by atoms with Gasteiger partial charge in [0.25, 0.3) is 5.92 Å². The number of nitrogens with one attached hydrogen (secondary N) is 3. The Morgan fingerprint density at radius 1 is 1.03 bits per heavy atom. The van der Waals surface area contributed by atoms with Crippen molar-refractivity contribution in [3.05, 3.63) is 42.9 Å². The molecule has 0 aliphatic carbocycles. The normalized spacial score (nSPS) is 24.2. The van der Waals surface area contributed by atoms with Gasteiger partial charge in [0.15, 0.2) is 5.82 Å². The third kappa shape index (κ3) is 3.05. The van der Waals surface area contributed by atoms with Crippen LogP contribution in [-0.4, -0.2) is 61.7 Å². The summed E-state index contributed by atoms with van der Waals surface area (Å²) < 4.78 is 28.2. The van der Waals surface area contributed by atoms with Crippen LogP contribution >= 0.6 is 0 Å². The van der Waals surface area contributed by atoms with Gasteiger partial charge in [0.1, 0.15) is 0 Å². The van der Waals surface area contributed by atoms with Crippen LogP contribution in [0.3, 0.4) is 0 Å². The Balaban J connectivity index is 1.27. The average Bonchev–Trinajstić information content (AvgIpc) is 3.53. The minimum Gasteiger partial charge on any atom is -0.355 e. The van der Waals surface area contributed by atoms with Crippen molar-refractivity contribution in [1.29, 1.82) is 0 Å². The molecule has 2 bridgehead atoms. The van der Waals surface area contributed by atoms with E-state index in [-0.39, 0.29) is 18.5 Å². The summed E-state index contributed by atoms with van der Waals surface area (Å²) in [7, 11) is 1.91. The number of hydrogen-bond donors (Lipinski definition) is 3. The summed E-state index contributed by atoms with van der Waals surface area (Å²) in [4.78, 5) is 1.98. The number of anilines is 1. The fourth-order valence-electron chi connectivity index (χ4n) is 5.08. The Labute approximate surface area is 182 Å². The summed E-state index contributed by atoms with van der Waals surface area (Å²) in [6, 6.07) is 6.92. The molecule has 3 atom stereocenters. The average molecular weight is 436 g/mol. The zero-order chi connectivity index (χ0) is 21.9. The number of piperidine rings is 1. The molecule has 8 nitrogen and oxygen atoms in total. The van der Waals surface area contributed by atoms with Crippen LogP contribution in [-0.2, 0) is 0 Å². The second-order valence-corrected chi connectivity index (χ2v) is 8.70. The second kappa shape index (κ2) is 7.06. The molecule has 0 radical (unpaired) electrons. The summed E-state index contributed by atoms with van der Waals surface area (Å²) in [6.07, 6.45) is 6.40. The van der Waals surface area contributed by atoms with Crippen LogP contribution in [0.5, 0.6) is 0 Å². The van der Waals surface area contributed by atoms with E-state index in [4.69, 9.17) is 0 Å². The summed E-state index contributed by atoms with van der Waals surface area (Å²) >= 11 is 0. The maximum atomic E-state index is 14.1. The molecule has 2 fully saturated rings. The predicted octanol–water partition coefficient (Wildman–Crippen LogP) is 3.37. The number of hydrogen-bond acceptors (Lipinski definition) is 6. The van der Waals surface area contributed by atoms with E-state index in [1.54, 1.807) is 12.4 Å². The molecule has 2 saturated heterocycles. The lowest BCUT2D eigenvalue weighted by atomic mass is 9.98. The van der Waals surface area contributed by atoms with Crippen molar-refractivity contribution >= 4 is 16.7 Å². The Morgan fingerprint density at radius 3 is 2.66 bits per heavy atom. The van der Waals surface area contributed by atoms with Gasteiger partial charge in [-0.1, -0.05) is 6.07 Å². The number of aromatic amines is 2. The number of aromatic nitrogens is 6. The quantitative estimate of drug-likeness (QED) is 0.454. The van der Waals surface area contributed by atoms with Crippen molar-refractivity contribution < 1.29 is 8.78 Å². The molecule has 32 heavy (non-hydrogen) atoms. The van der Waals surface area contributed by atoms with E-state index in [9.17, 15) is 8.78 Å². The zero-order valence-corrected chi connectivity index (χ0v) is 17.4. The molecule has 164 valence electrons. The molecule has 4 aromatic rings. The number of alkyl halides is 2. The van der Waals surface area contributed by atoms with Crippen molar-refractivity contribution in [3.63, 3.8) is 0 Å². The molecule has 5 heterocycles. The van der Waals surface area contributed by atoms with Gasteiger partial charge < -0.3 is 10.2 Å². The zero-order valence-electron chi connectivity index (χ0n) is 17.4. The van der Waals surface area contributed by atoms with E-state index in [2.05, 4.69) is 35.9 Å². The standard InChI is InChI=1S/C22H22F2N8/c1-32(14-6-13-8-22(23,24)19(7-14)28-13)20-5-4-18(29-30-20)16-3-2-15(12-9-25-26-10-12)17-11-27-31-21(16)17/h2-5,9-11,13-14,19,28H,6-8H2,1H3,(H,25,26)(H,27,31)/t13-,14+,19+/m0/s1. The highest BCUT2D eigenvalue weighted by molar-refractivity contribution is 6.01. The van der Waals surface area contributed by atoms with Gasteiger partial charge in [0, 0.05) is 48.3 Å². The number of benzene rings is 1. The van der Waals surface area contributed by atoms with E-state index >= 15 is 0 Å². The molecule has 1 aromatic carbocycles. The maximum Gasteiger partial charge on any atom is 0.264 e. The van der Waals surface area contributed by atoms with Crippen LogP contribution in [0.4, 0.5) is 14.6 Å². The fraction of sp³-hybridized carbons (Fsp3) is 0.364. The van der Waals surface area contributed by atoms with Gasteiger partial charge in [-0.3, -0.25) is 10.2 Å². The van der Waals surface area contributed by atoms with E-state index in [0.717, 1.165) is 27.6 Å². The molecule has 10 heteroatoms. The fourth-order valence-corrected chi connectivity index (χ4v) is 5.08. The molecule has 0 saturated carbocycles. The number of fused-ring (bicyclic) bond motifs is 3. The molecule has 2 aliphatic rings. The third-order valence-corrected chi connectivity index (χ3v) is 6.79. The SMILES string of the molecule is CN(c1ccc(-c2ccc(-c3cn[nH]c3)c3cn[nH]c23)nn1)[C@@H]1C[C@H]2CC(F)(F)[C@@H](C1)N2. The lowest BCUT2D eigenvalue weighted by Gasteiger charge is -2.36. The molecule has 3 aromatic heterocycles. The van der Waals surface area contributed by atoms with E-state index < -0.39 is 12.0 Å². The Hall–Kier alpha value is -3.40. The first-order valence-electron chi connectivity index (χ1n) is 10.7. The molecule has 6 rings (SSSR count). The Kier molecular flexibility index (Phi) is 4.26. The molecule has 2 aliphatic heterocycles. The first-order valence-corrected chi connectivity index (χ1v) is 10.7. The molecular formula is C22H22F2N8. The van der Waals surface area contributed by atoms with Crippen molar-refractivity contribution in [2.75, 3.05) is 11.9 Å². The van der Waals surface area contributed by atoms with Crippen molar-refractivity contribution in [1.82, 2.24) is 35.9 Å². The Morgan fingerprint density at radius 2 is 1.91 bits per heavy atom. The van der Waals surface area contributed by atoms with Gasteiger partial charge in [-0.25, -0.2) is 8.78 Å². The summed E-state index contributed by atoms with van der Waals surface area (Å²) in [5.41, 5.74) is 4.48. The number of H-pyrrole nitrogens is 2. The number of nitrogens with zero attached hydrogens (tertiary/aromatic N) is 5. The topological polar surface area (TPSA) is 98.4 Å². The van der Waals surface area contributed by atoms with Gasteiger partial charge in [-0.05, 0) is 36.6 Å². The van der Waals surface area contributed by atoms with E-state index in [1.807, 2.05) is 42.4 Å². The molecule has 0 amide bonds. The molecule has 3 N–H and O–H groups in total. The van der Waals surface area contributed by atoms with Crippen LogP contribution < -0.4 is 10.2 Å². The molecule has 0 unspecified atom stereocenters. The van der Waals surface area contributed by atoms with Crippen LogP contribution in [0.25, 0.3) is 33.3 Å². The summed E-state index contributed by atoms with van der Waals surface area (Å²) in [6.45, 7) is 0. The van der Waals surface area contributed by atoms with Crippen LogP contribution in [0, 0.1) is 0 Å². The van der Waals surface area contributed by atoms with Gasteiger partial charge in [0.2, 0.25) is 0 Å². The van der Waals surface area contributed by atoms with Crippen molar-refractivity contribution in [2.45, 2.75) is 43.3 Å². The number of rotatable bonds is 4. The largest absolute Gasteiger partial charge is 0.355 e. The lowest BCUT2D eigenvalue weighted by molar-refractivity contribution is -0.0128. The van der Waals surface area contributed by atoms with Gasteiger partial charge in [-0.2, -0.15) is 10.2 Å². The molecular weight excluding hydrogens is 414 g/mol. The highest BCUT2D eigenvalue weighted by Gasteiger charge is 2.53. The van der Waals surface area contributed by atoms with Gasteiger partial charge >= 0.3 is 0 Å². The number of halogens is 2. The summed E-state index contributed by atoms with van der Waals surface area (Å²) in [5.74, 6) is -1.95. The molecule has 0 spiro atoms. The highest BCUT2D eigenvalue weighted by atomic mass is 19.3. The predicted molar refractivity (Wildman–Crippen MR) is 116 cm³/mol. The lowest BCUT2D eigenvalue weighted by Crippen LogP contribution is -2.49. The first-order chi connectivity index (χ1) is 15.5. The van der Waals surface area contributed by atoms with Gasteiger partial charge in [-0.15, -0.1) is 10.2 Å². The first kappa shape index (κ1) is 19.3. The van der Waals surface area contributed by atoms with Crippen LogP contribution in [0.15, 0.2) is 42.9 Å². The Bertz CT molecular complexity index is 1250.